The van der Waals surface area contributed by atoms with Crippen LogP contribution in [0.3, 0.4) is 0 Å². The van der Waals surface area contributed by atoms with E-state index in [1.54, 1.807) is 7.05 Å². The number of carbonyl (C=O) groups excluding carboxylic acids is 1. The van der Waals surface area contributed by atoms with Gasteiger partial charge in [-0.25, -0.2) is 4.79 Å². The van der Waals surface area contributed by atoms with Gasteiger partial charge in [-0.2, -0.15) is 0 Å². The first-order chi connectivity index (χ1) is 8.28. The van der Waals surface area contributed by atoms with Crippen molar-refractivity contribution < 1.29 is 14.6 Å². The van der Waals surface area contributed by atoms with E-state index in [4.69, 9.17) is 4.74 Å². The third kappa shape index (κ3) is 5.69. The highest BCUT2D eigenvalue weighted by molar-refractivity contribution is 5.67. The fraction of sp³-hybridized carbons (Fsp3) is 0.923. The van der Waals surface area contributed by atoms with Crippen LogP contribution in [0.4, 0.5) is 4.79 Å². The summed E-state index contributed by atoms with van der Waals surface area (Å²) in [6, 6.07) is 0. The van der Waals surface area contributed by atoms with E-state index in [1.165, 1.54) is 17.7 Å². The van der Waals surface area contributed by atoms with Gasteiger partial charge in [-0.3, -0.25) is 0 Å². The van der Waals surface area contributed by atoms with Crippen molar-refractivity contribution >= 4 is 6.09 Å². The van der Waals surface area contributed by atoms with Gasteiger partial charge < -0.3 is 19.6 Å². The summed E-state index contributed by atoms with van der Waals surface area (Å²) in [5.41, 5.74) is -0.495. The molecule has 1 aliphatic rings. The molecule has 1 fully saturated rings. The molecule has 18 heavy (non-hydrogen) atoms. The molecule has 0 radical (unpaired) electrons. The summed E-state index contributed by atoms with van der Waals surface area (Å²) in [6.45, 7) is 8.54. The van der Waals surface area contributed by atoms with E-state index in [1.807, 2.05) is 20.8 Å². The first kappa shape index (κ1) is 15.2. The summed E-state index contributed by atoms with van der Waals surface area (Å²) in [4.78, 5) is 15.4. The van der Waals surface area contributed by atoms with Crippen LogP contribution in [0.5, 0.6) is 0 Å². The Bertz CT molecular complexity index is 270. The van der Waals surface area contributed by atoms with Crippen molar-refractivity contribution in [1.29, 1.82) is 0 Å². The molecule has 5 nitrogen and oxygen atoms in total. The first-order valence-electron chi connectivity index (χ1n) is 6.62. The Morgan fingerprint density at radius 3 is 2.44 bits per heavy atom. The minimum absolute atomic E-state index is 0.311. The summed E-state index contributed by atoms with van der Waals surface area (Å²) in [6.07, 6.45) is 1.51. The van der Waals surface area contributed by atoms with Crippen LogP contribution in [0.15, 0.2) is 0 Å². The third-order valence-electron chi connectivity index (χ3n) is 2.86. The second kappa shape index (κ2) is 6.38. The molecule has 1 heterocycles. The topological polar surface area (TPSA) is 53.0 Å². The van der Waals surface area contributed by atoms with Crippen molar-refractivity contribution in [2.75, 3.05) is 33.2 Å². The van der Waals surface area contributed by atoms with Gasteiger partial charge in [0.2, 0.25) is 0 Å². The minimum Gasteiger partial charge on any atom is -0.444 e. The standard InChI is InChI=1S/C13H26N2O3/c1-13(2,3)18-12(17)14(4)9-11(16)10-15-7-5-6-8-15/h11,16H,5-10H2,1-4H3/t11-/m0/s1. The van der Waals surface area contributed by atoms with Gasteiger partial charge in [-0.1, -0.05) is 0 Å². The predicted molar refractivity (Wildman–Crippen MR) is 70.5 cm³/mol. The molecule has 0 saturated carbocycles. The number of hydrogen-bond donors (Lipinski definition) is 1. The van der Waals surface area contributed by atoms with Gasteiger partial charge in [-0.15, -0.1) is 0 Å². The van der Waals surface area contributed by atoms with Crippen LogP contribution in [-0.2, 0) is 4.74 Å². The second-order valence-corrected chi connectivity index (χ2v) is 6.02. The second-order valence-electron chi connectivity index (χ2n) is 6.02. The van der Waals surface area contributed by atoms with Gasteiger partial charge in [0.15, 0.2) is 0 Å². The fourth-order valence-corrected chi connectivity index (χ4v) is 2.05. The van der Waals surface area contributed by atoms with Crippen LogP contribution in [0, 0.1) is 0 Å². The lowest BCUT2D eigenvalue weighted by molar-refractivity contribution is 0.0175. The minimum atomic E-state index is -0.513. The van der Waals surface area contributed by atoms with Crippen molar-refractivity contribution in [3.63, 3.8) is 0 Å². The van der Waals surface area contributed by atoms with Crippen molar-refractivity contribution in [3.05, 3.63) is 0 Å². The maximum absolute atomic E-state index is 11.7. The lowest BCUT2D eigenvalue weighted by Crippen LogP contribution is -2.42. The molecule has 0 bridgehead atoms. The number of rotatable bonds is 4. The van der Waals surface area contributed by atoms with Crippen LogP contribution in [0.25, 0.3) is 0 Å². The zero-order chi connectivity index (χ0) is 13.8. The zero-order valence-corrected chi connectivity index (χ0v) is 12.0. The maximum Gasteiger partial charge on any atom is 0.410 e. The van der Waals surface area contributed by atoms with Crippen LogP contribution < -0.4 is 0 Å². The van der Waals surface area contributed by atoms with E-state index in [2.05, 4.69) is 4.90 Å². The maximum atomic E-state index is 11.7. The van der Waals surface area contributed by atoms with Gasteiger partial charge in [0.25, 0.3) is 0 Å². The van der Waals surface area contributed by atoms with E-state index in [0.29, 0.717) is 13.1 Å². The van der Waals surface area contributed by atoms with Crippen LogP contribution in [0.2, 0.25) is 0 Å². The average Bonchev–Trinajstić information content (AvgIpc) is 2.67. The summed E-state index contributed by atoms with van der Waals surface area (Å²) < 4.78 is 5.23. The molecule has 5 heteroatoms. The molecule has 0 spiro atoms. The van der Waals surface area contributed by atoms with E-state index >= 15 is 0 Å². The lowest BCUT2D eigenvalue weighted by atomic mass is 10.2. The van der Waals surface area contributed by atoms with Gasteiger partial charge in [0, 0.05) is 13.6 Å². The predicted octanol–water partition coefficient (Wildman–Crippen LogP) is 1.31. The Morgan fingerprint density at radius 2 is 1.94 bits per heavy atom. The largest absolute Gasteiger partial charge is 0.444 e. The van der Waals surface area contributed by atoms with Crippen molar-refractivity contribution in [1.82, 2.24) is 9.80 Å². The van der Waals surface area contributed by atoms with E-state index < -0.39 is 11.7 Å². The Hall–Kier alpha value is -0.810. The number of hydrogen-bond acceptors (Lipinski definition) is 4. The van der Waals surface area contributed by atoms with Gasteiger partial charge in [-0.05, 0) is 46.7 Å². The Labute approximate surface area is 110 Å². The number of likely N-dealkylation sites (N-methyl/N-ethyl adjacent to an activating group) is 1. The molecular formula is C13H26N2O3. The number of aliphatic hydroxyl groups excluding tert-OH is 1. The zero-order valence-electron chi connectivity index (χ0n) is 12.0. The Kier molecular flexibility index (Phi) is 5.41. The van der Waals surface area contributed by atoms with E-state index in [9.17, 15) is 9.90 Å². The Balaban J connectivity index is 2.29. The molecule has 1 N–H and O–H groups in total. The molecule has 0 aromatic rings. The van der Waals surface area contributed by atoms with Crippen LogP contribution in [0.1, 0.15) is 33.6 Å². The van der Waals surface area contributed by atoms with Crippen molar-refractivity contribution in [3.8, 4) is 0 Å². The smallest absolute Gasteiger partial charge is 0.410 e. The number of β-amino-alcohol motifs (C(OH)–C–C–N with tert-alkyl or cyclic N) is 1. The molecule has 1 rings (SSSR count). The molecule has 0 unspecified atom stereocenters. The summed E-state index contributed by atoms with van der Waals surface area (Å²) in [7, 11) is 1.65. The number of likely N-dealkylation sites (tertiary alicyclic amines) is 1. The van der Waals surface area contributed by atoms with E-state index in [-0.39, 0.29) is 6.09 Å². The quantitative estimate of drug-likeness (QED) is 0.826. The molecule has 1 saturated heterocycles. The number of carbonyl (C=O) groups is 1. The number of ether oxygens (including phenoxy) is 1. The van der Waals surface area contributed by atoms with Gasteiger partial charge in [0.1, 0.15) is 5.60 Å². The van der Waals surface area contributed by atoms with Crippen LogP contribution >= 0.6 is 0 Å². The highest BCUT2D eigenvalue weighted by Gasteiger charge is 2.22. The summed E-state index contributed by atoms with van der Waals surface area (Å²) >= 11 is 0. The number of aliphatic hydroxyl groups is 1. The van der Waals surface area contributed by atoms with Gasteiger partial charge in [0.05, 0.1) is 12.6 Å². The molecular weight excluding hydrogens is 232 g/mol. The first-order valence-corrected chi connectivity index (χ1v) is 6.62. The lowest BCUT2D eigenvalue weighted by Gasteiger charge is -2.27. The monoisotopic (exact) mass is 258 g/mol. The molecule has 0 aromatic carbocycles. The molecule has 1 atom stereocenters. The molecule has 106 valence electrons. The molecule has 1 aliphatic heterocycles. The average molecular weight is 258 g/mol. The summed E-state index contributed by atoms with van der Waals surface area (Å²) in [5.74, 6) is 0. The highest BCUT2D eigenvalue weighted by atomic mass is 16.6. The van der Waals surface area contributed by atoms with Crippen molar-refractivity contribution in [2.24, 2.45) is 0 Å². The highest BCUT2D eigenvalue weighted by Crippen LogP contribution is 2.11. The molecule has 0 aromatic heterocycles. The van der Waals surface area contributed by atoms with Crippen molar-refractivity contribution in [2.45, 2.75) is 45.3 Å². The molecule has 0 aliphatic carbocycles. The van der Waals surface area contributed by atoms with Crippen LogP contribution in [-0.4, -0.2) is 65.9 Å². The Morgan fingerprint density at radius 1 is 1.39 bits per heavy atom. The normalized spacial score (nSPS) is 18.7. The number of amides is 1. The van der Waals surface area contributed by atoms with Gasteiger partial charge >= 0.3 is 6.09 Å². The SMILES string of the molecule is CN(C[C@H](O)CN1CCCC1)C(=O)OC(C)(C)C. The third-order valence-corrected chi connectivity index (χ3v) is 2.86. The van der Waals surface area contributed by atoms with E-state index in [0.717, 1.165) is 13.1 Å². The molecule has 1 amide bonds. The number of nitrogens with zero attached hydrogens (tertiary/aromatic N) is 2. The summed E-state index contributed by atoms with van der Waals surface area (Å²) in [5, 5.41) is 9.94. The fourth-order valence-electron chi connectivity index (χ4n) is 2.05.